The summed E-state index contributed by atoms with van der Waals surface area (Å²) in [6, 6.07) is 4.37. The molecule has 7 heteroatoms. The number of nitrogens with two attached hydrogens (primary N) is 1. The lowest BCUT2D eigenvalue weighted by Gasteiger charge is -2.07. The van der Waals surface area contributed by atoms with Crippen molar-refractivity contribution in [1.29, 1.82) is 0 Å². The van der Waals surface area contributed by atoms with Gasteiger partial charge in [0, 0.05) is 11.8 Å². The molecule has 1 aromatic carbocycles. The lowest BCUT2D eigenvalue weighted by Crippen LogP contribution is -2.08. The molecule has 0 spiro atoms. The number of rotatable bonds is 5. The van der Waals surface area contributed by atoms with E-state index in [4.69, 9.17) is 5.73 Å². The Morgan fingerprint density at radius 1 is 1.25 bits per heavy atom. The largest absolute Gasteiger partial charge is 0.324 e. The zero-order valence-corrected chi connectivity index (χ0v) is 11.5. The molecule has 1 fully saturated rings. The van der Waals surface area contributed by atoms with Gasteiger partial charge in [0.05, 0.1) is 6.54 Å². The summed E-state index contributed by atoms with van der Waals surface area (Å²) < 4.78 is 28.1. The third-order valence-electron chi connectivity index (χ3n) is 3.18. The van der Waals surface area contributed by atoms with E-state index in [-0.39, 0.29) is 0 Å². The van der Waals surface area contributed by atoms with E-state index < -0.39 is 11.6 Å². The Morgan fingerprint density at radius 2 is 2.05 bits per heavy atom. The van der Waals surface area contributed by atoms with Gasteiger partial charge >= 0.3 is 0 Å². The van der Waals surface area contributed by atoms with Crippen LogP contribution in [0.25, 0.3) is 0 Å². The molecule has 2 aromatic rings. The Bertz CT molecular complexity index is 625. The van der Waals surface area contributed by atoms with Crippen LogP contribution < -0.4 is 5.73 Å². The minimum absolute atomic E-state index is 0.356. The van der Waals surface area contributed by atoms with Crippen LogP contribution in [0.3, 0.4) is 0 Å². The van der Waals surface area contributed by atoms with Crippen molar-refractivity contribution in [2.24, 2.45) is 5.73 Å². The van der Waals surface area contributed by atoms with Gasteiger partial charge < -0.3 is 10.3 Å². The maximum Gasteiger partial charge on any atom is 0.191 e. The number of halogens is 2. The molecule has 0 saturated heterocycles. The molecule has 0 bridgehead atoms. The normalized spacial score (nSPS) is 14.8. The highest BCUT2D eigenvalue weighted by atomic mass is 32.2. The molecule has 20 heavy (non-hydrogen) atoms. The second-order valence-corrected chi connectivity index (χ2v) is 5.68. The van der Waals surface area contributed by atoms with Crippen LogP contribution in [0, 0.1) is 11.6 Å². The van der Waals surface area contributed by atoms with E-state index >= 15 is 0 Å². The van der Waals surface area contributed by atoms with Crippen molar-refractivity contribution < 1.29 is 8.78 Å². The van der Waals surface area contributed by atoms with Crippen LogP contribution in [0.5, 0.6) is 0 Å². The summed E-state index contributed by atoms with van der Waals surface area (Å²) in [5.41, 5.74) is 6.37. The fourth-order valence-electron chi connectivity index (χ4n) is 2.02. The van der Waals surface area contributed by atoms with Crippen LogP contribution in [0.4, 0.5) is 8.78 Å². The Hall–Kier alpha value is -1.47. The van der Waals surface area contributed by atoms with E-state index in [1.807, 2.05) is 0 Å². The van der Waals surface area contributed by atoms with E-state index in [1.165, 1.54) is 17.8 Å². The molecule has 1 saturated carbocycles. The fraction of sp³-hybridized carbons (Fsp3) is 0.385. The van der Waals surface area contributed by atoms with Crippen molar-refractivity contribution in [3.05, 3.63) is 41.2 Å². The average Bonchev–Trinajstić information content (AvgIpc) is 3.20. The van der Waals surface area contributed by atoms with Gasteiger partial charge in [-0.2, -0.15) is 0 Å². The van der Waals surface area contributed by atoms with E-state index in [0.717, 1.165) is 29.9 Å². The molecule has 0 aliphatic heterocycles. The van der Waals surface area contributed by atoms with Gasteiger partial charge in [0.25, 0.3) is 0 Å². The highest BCUT2D eigenvalue weighted by Gasteiger charge is 2.29. The fourth-order valence-corrected chi connectivity index (χ4v) is 2.99. The number of benzene rings is 1. The molecule has 4 nitrogen and oxygen atoms in total. The average molecular weight is 296 g/mol. The number of hydrogen-bond acceptors (Lipinski definition) is 4. The lowest BCUT2D eigenvalue weighted by molar-refractivity contribution is 0.507. The highest BCUT2D eigenvalue weighted by molar-refractivity contribution is 7.98. The summed E-state index contributed by atoms with van der Waals surface area (Å²) in [6.45, 7) is 0.356. The van der Waals surface area contributed by atoms with Gasteiger partial charge in [-0.15, -0.1) is 10.2 Å². The van der Waals surface area contributed by atoms with Crippen molar-refractivity contribution >= 4 is 11.8 Å². The molecule has 1 aromatic heterocycles. The highest BCUT2D eigenvalue weighted by Crippen LogP contribution is 2.39. The van der Waals surface area contributed by atoms with Crippen LogP contribution in [0.1, 0.15) is 30.3 Å². The van der Waals surface area contributed by atoms with Crippen LogP contribution >= 0.6 is 11.8 Å². The van der Waals surface area contributed by atoms with Crippen LogP contribution in [0.2, 0.25) is 0 Å². The van der Waals surface area contributed by atoms with E-state index in [1.54, 1.807) is 6.07 Å². The first-order valence-corrected chi connectivity index (χ1v) is 7.38. The minimum atomic E-state index is -0.828. The van der Waals surface area contributed by atoms with Gasteiger partial charge in [-0.05, 0) is 30.5 Å². The second-order valence-electron chi connectivity index (χ2n) is 4.74. The standard InChI is InChI=1S/C13H14F2N4S/c14-10-4-1-8(5-11(10)15)7-20-13-18-17-12(6-16)19(13)9-2-3-9/h1,4-5,9H,2-3,6-7,16H2. The smallest absolute Gasteiger partial charge is 0.191 e. The summed E-state index contributed by atoms with van der Waals surface area (Å²) >= 11 is 1.46. The molecule has 106 valence electrons. The molecule has 0 radical (unpaired) electrons. The molecule has 1 aliphatic carbocycles. The van der Waals surface area contributed by atoms with E-state index in [0.29, 0.717) is 23.9 Å². The molecular weight excluding hydrogens is 282 g/mol. The summed E-state index contributed by atoms with van der Waals surface area (Å²) in [5.74, 6) is -0.355. The molecule has 1 heterocycles. The van der Waals surface area contributed by atoms with Crippen molar-refractivity contribution in [1.82, 2.24) is 14.8 Å². The number of hydrogen-bond donors (Lipinski definition) is 1. The van der Waals surface area contributed by atoms with Crippen molar-refractivity contribution in [3.8, 4) is 0 Å². The lowest BCUT2D eigenvalue weighted by atomic mass is 10.2. The molecule has 0 amide bonds. The Labute approximate surface area is 119 Å². The van der Waals surface area contributed by atoms with Gasteiger partial charge in [-0.1, -0.05) is 17.8 Å². The van der Waals surface area contributed by atoms with Crippen molar-refractivity contribution in [2.75, 3.05) is 0 Å². The number of thioether (sulfide) groups is 1. The molecule has 0 atom stereocenters. The first-order chi connectivity index (χ1) is 9.69. The topological polar surface area (TPSA) is 56.7 Å². The second kappa shape index (κ2) is 5.49. The number of aromatic nitrogens is 3. The zero-order valence-electron chi connectivity index (χ0n) is 10.7. The zero-order chi connectivity index (χ0) is 14.1. The minimum Gasteiger partial charge on any atom is -0.324 e. The summed E-state index contributed by atoms with van der Waals surface area (Å²) in [4.78, 5) is 0. The monoisotopic (exact) mass is 296 g/mol. The third kappa shape index (κ3) is 2.69. The maximum absolute atomic E-state index is 13.1. The van der Waals surface area contributed by atoms with Gasteiger partial charge in [-0.25, -0.2) is 8.78 Å². The first kappa shape index (κ1) is 13.5. The predicted octanol–water partition coefficient (Wildman–Crippen LogP) is 2.64. The molecule has 3 rings (SSSR count). The third-order valence-corrected chi connectivity index (χ3v) is 4.20. The predicted molar refractivity (Wildman–Crippen MR) is 72.1 cm³/mol. The van der Waals surface area contributed by atoms with E-state index in [9.17, 15) is 8.78 Å². The van der Waals surface area contributed by atoms with E-state index in [2.05, 4.69) is 14.8 Å². The molecular formula is C13H14F2N4S. The summed E-state index contributed by atoms with van der Waals surface area (Å²) in [7, 11) is 0. The SMILES string of the molecule is NCc1nnc(SCc2ccc(F)c(F)c2)n1C1CC1. The molecule has 2 N–H and O–H groups in total. The van der Waals surface area contributed by atoms with Gasteiger partial charge in [0.1, 0.15) is 5.82 Å². The Kier molecular flexibility index (Phi) is 3.71. The Morgan fingerprint density at radius 3 is 2.70 bits per heavy atom. The van der Waals surface area contributed by atoms with Crippen molar-refractivity contribution in [2.45, 2.75) is 36.3 Å². The quantitative estimate of drug-likeness (QED) is 0.862. The molecule has 1 aliphatic rings. The van der Waals surface area contributed by atoms with Gasteiger partial charge in [0.15, 0.2) is 16.8 Å². The summed E-state index contributed by atoms with van der Waals surface area (Å²) in [5, 5.41) is 8.99. The Balaban J connectivity index is 1.75. The maximum atomic E-state index is 13.1. The van der Waals surface area contributed by atoms with Crippen LogP contribution in [-0.2, 0) is 12.3 Å². The first-order valence-electron chi connectivity index (χ1n) is 6.39. The number of nitrogens with zero attached hydrogens (tertiary/aromatic N) is 3. The summed E-state index contributed by atoms with van der Waals surface area (Å²) in [6.07, 6.45) is 2.23. The van der Waals surface area contributed by atoms with Gasteiger partial charge in [-0.3, -0.25) is 0 Å². The van der Waals surface area contributed by atoms with Crippen LogP contribution in [0.15, 0.2) is 23.4 Å². The van der Waals surface area contributed by atoms with Crippen LogP contribution in [-0.4, -0.2) is 14.8 Å². The molecule has 0 unspecified atom stereocenters. The van der Waals surface area contributed by atoms with Gasteiger partial charge in [0.2, 0.25) is 0 Å². The van der Waals surface area contributed by atoms with Crippen molar-refractivity contribution in [3.63, 3.8) is 0 Å².